The highest BCUT2D eigenvalue weighted by Gasteiger charge is 2.15. The van der Waals surface area contributed by atoms with Crippen LogP contribution in [0, 0.1) is 0 Å². The zero-order chi connectivity index (χ0) is 14.8. The molecule has 0 aliphatic carbocycles. The summed E-state index contributed by atoms with van der Waals surface area (Å²) in [5.74, 6) is 1.85. The molecule has 3 rings (SSSR count). The highest BCUT2D eigenvalue weighted by molar-refractivity contribution is 5.76. The molecule has 5 heteroatoms. The lowest BCUT2D eigenvalue weighted by molar-refractivity contribution is 0.385. The van der Waals surface area contributed by atoms with Gasteiger partial charge in [-0.15, -0.1) is 0 Å². The van der Waals surface area contributed by atoms with E-state index in [0.29, 0.717) is 23.9 Å². The van der Waals surface area contributed by atoms with Gasteiger partial charge in [-0.2, -0.15) is 0 Å². The van der Waals surface area contributed by atoms with Crippen LogP contribution in [0.2, 0.25) is 0 Å². The van der Waals surface area contributed by atoms with Crippen molar-refractivity contribution in [1.29, 1.82) is 0 Å². The maximum Gasteiger partial charge on any atom is 0.227 e. The van der Waals surface area contributed by atoms with Crippen molar-refractivity contribution in [3.63, 3.8) is 0 Å². The Labute approximate surface area is 122 Å². The molecular weight excluding hydrogens is 268 g/mol. The van der Waals surface area contributed by atoms with Crippen LogP contribution in [0.15, 0.2) is 40.8 Å². The van der Waals surface area contributed by atoms with E-state index in [1.165, 1.54) is 0 Å². The second kappa shape index (κ2) is 5.46. The predicted molar refractivity (Wildman–Crippen MR) is 80.4 cm³/mol. The van der Waals surface area contributed by atoms with E-state index in [1.807, 2.05) is 36.4 Å². The summed E-state index contributed by atoms with van der Waals surface area (Å²) in [6, 6.07) is 11.3. The number of ether oxygens (including phenoxy) is 2. The normalized spacial score (nSPS) is 10.8. The number of oxazole rings is 1. The monoisotopic (exact) mass is 284 g/mol. The Hall–Kier alpha value is -2.53. The molecule has 2 N–H and O–H groups in total. The Morgan fingerprint density at radius 2 is 1.76 bits per heavy atom. The molecule has 0 bridgehead atoms. The first kappa shape index (κ1) is 13.5. The minimum Gasteiger partial charge on any atom is -0.496 e. The smallest absolute Gasteiger partial charge is 0.227 e. The minimum absolute atomic E-state index is 0.334. The van der Waals surface area contributed by atoms with Crippen LogP contribution in [0.25, 0.3) is 22.6 Å². The Kier molecular flexibility index (Phi) is 3.50. The number of methoxy groups -OCH3 is 2. The number of rotatable bonds is 4. The fourth-order valence-corrected chi connectivity index (χ4v) is 2.30. The summed E-state index contributed by atoms with van der Waals surface area (Å²) in [7, 11) is 3.20. The molecule has 5 nitrogen and oxygen atoms in total. The summed E-state index contributed by atoms with van der Waals surface area (Å²) >= 11 is 0. The van der Waals surface area contributed by atoms with Crippen LogP contribution in [0.1, 0.15) is 5.56 Å². The fourth-order valence-electron chi connectivity index (χ4n) is 2.30. The van der Waals surface area contributed by atoms with Gasteiger partial charge in [-0.25, -0.2) is 4.98 Å². The topological polar surface area (TPSA) is 70.5 Å². The number of aromatic nitrogens is 1. The van der Waals surface area contributed by atoms with Gasteiger partial charge in [0.15, 0.2) is 5.58 Å². The van der Waals surface area contributed by atoms with Gasteiger partial charge >= 0.3 is 0 Å². The highest BCUT2D eigenvalue weighted by Crippen LogP contribution is 2.35. The van der Waals surface area contributed by atoms with Crippen LogP contribution >= 0.6 is 0 Å². The molecule has 21 heavy (non-hydrogen) atoms. The van der Waals surface area contributed by atoms with Crippen LogP contribution in [0.4, 0.5) is 0 Å². The zero-order valence-electron chi connectivity index (χ0n) is 11.9. The van der Waals surface area contributed by atoms with E-state index in [9.17, 15) is 0 Å². The molecule has 0 unspecified atom stereocenters. The first-order valence-corrected chi connectivity index (χ1v) is 6.57. The van der Waals surface area contributed by atoms with Crippen molar-refractivity contribution in [2.45, 2.75) is 6.54 Å². The number of hydrogen-bond acceptors (Lipinski definition) is 5. The minimum atomic E-state index is 0.334. The average Bonchev–Trinajstić information content (AvgIpc) is 2.97. The zero-order valence-corrected chi connectivity index (χ0v) is 11.9. The van der Waals surface area contributed by atoms with E-state index >= 15 is 0 Å². The third kappa shape index (κ3) is 2.32. The van der Waals surface area contributed by atoms with Gasteiger partial charge in [0.2, 0.25) is 5.89 Å². The van der Waals surface area contributed by atoms with Crippen LogP contribution < -0.4 is 15.2 Å². The van der Waals surface area contributed by atoms with Gasteiger partial charge in [0.1, 0.15) is 17.0 Å². The lowest BCUT2D eigenvalue weighted by atomic mass is 10.1. The molecule has 0 fully saturated rings. The van der Waals surface area contributed by atoms with Gasteiger partial charge in [-0.05, 0) is 24.3 Å². The lowest BCUT2D eigenvalue weighted by Crippen LogP contribution is -2.03. The van der Waals surface area contributed by atoms with Crippen molar-refractivity contribution in [1.82, 2.24) is 4.98 Å². The summed E-state index contributed by atoms with van der Waals surface area (Å²) in [6.07, 6.45) is 0. The number of para-hydroxylation sites is 2. The van der Waals surface area contributed by atoms with Crippen LogP contribution in [-0.2, 0) is 6.54 Å². The first-order valence-electron chi connectivity index (χ1n) is 6.57. The quantitative estimate of drug-likeness (QED) is 0.797. The molecule has 1 aromatic heterocycles. The molecule has 0 aliphatic rings. The van der Waals surface area contributed by atoms with Crippen molar-refractivity contribution >= 4 is 11.1 Å². The summed E-state index contributed by atoms with van der Waals surface area (Å²) < 4.78 is 16.5. The van der Waals surface area contributed by atoms with Gasteiger partial charge in [-0.3, -0.25) is 0 Å². The van der Waals surface area contributed by atoms with E-state index in [-0.39, 0.29) is 0 Å². The number of nitrogens with two attached hydrogens (primary N) is 1. The molecule has 0 radical (unpaired) electrons. The predicted octanol–water partition coefficient (Wildman–Crippen LogP) is 2.97. The second-order valence-corrected chi connectivity index (χ2v) is 4.55. The van der Waals surface area contributed by atoms with Crippen molar-refractivity contribution in [3.8, 4) is 23.0 Å². The van der Waals surface area contributed by atoms with Gasteiger partial charge < -0.3 is 19.6 Å². The maximum atomic E-state index is 5.77. The van der Waals surface area contributed by atoms with Crippen molar-refractivity contribution < 1.29 is 13.9 Å². The molecule has 0 atom stereocenters. The molecule has 0 aliphatic heterocycles. The maximum absolute atomic E-state index is 5.77. The molecule has 0 amide bonds. The number of fused-ring (bicyclic) bond motifs is 1. The van der Waals surface area contributed by atoms with Crippen LogP contribution in [0.3, 0.4) is 0 Å². The van der Waals surface area contributed by atoms with Crippen molar-refractivity contribution in [2.24, 2.45) is 5.73 Å². The lowest BCUT2D eigenvalue weighted by Gasteiger charge is -2.12. The molecule has 0 spiro atoms. The third-order valence-electron chi connectivity index (χ3n) is 3.35. The van der Waals surface area contributed by atoms with E-state index in [4.69, 9.17) is 19.6 Å². The first-order chi connectivity index (χ1) is 10.3. The van der Waals surface area contributed by atoms with Gasteiger partial charge in [0, 0.05) is 17.7 Å². The number of nitrogens with zero attached hydrogens (tertiary/aromatic N) is 1. The number of benzene rings is 2. The van der Waals surface area contributed by atoms with Crippen LogP contribution in [0.5, 0.6) is 11.5 Å². The summed E-state index contributed by atoms with van der Waals surface area (Å²) in [5, 5.41) is 0. The Morgan fingerprint density at radius 3 is 2.33 bits per heavy atom. The van der Waals surface area contributed by atoms with Gasteiger partial charge in [0.05, 0.1) is 14.2 Å². The molecule has 1 heterocycles. The second-order valence-electron chi connectivity index (χ2n) is 4.55. The Morgan fingerprint density at radius 1 is 1.10 bits per heavy atom. The number of hydrogen-bond donors (Lipinski definition) is 1. The Bertz CT molecular complexity index is 722. The molecule has 0 saturated carbocycles. The summed E-state index contributed by atoms with van der Waals surface area (Å²) in [6.45, 7) is 0.334. The standard InChI is InChI=1S/C16H16N2O3/c1-19-14-7-10(8-15(20-2)11(14)9-17)16-18-12-5-3-4-6-13(12)21-16/h3-8H,9,17H2,1-2H3. The van der Waals surface area contributed by atoms with E-state index < -0.39 is 0 Å². The largest absolute Gasteiger partial charge is 0.496 e. The van der Waals surface area contributed by atoms with Crippen LogP contribution in [-0.4, -0.2) is 19.2 Å². The molecule has 3 aromatic rings. The summed E-state index contributed by atoms with van der Waals surface area (Å²) in [5.41, 5.74) is 8.92. The molecular formula is C16H16N2O3. The van der Waals surface area contributed by atoms with Gasteiger partial charge in [-0.1, -0.05) is 12.1 Å². The van der Waals surface area contributed by atoms with E-state index in [1.54, 1.807) is 14.2 Å². The SMILES string of the molecule is COc1cc(-c2nc3ccccc3o2)cc(OC)c1CN. The summed E-state index contributed by atoms with van der Waals surface area (Å²) in [4.78, 5) is 4.48. The Balaban J connectivity index is 2.17. The van der Waals surface area contributed by atoms with Crippen molar-refractivity contribution in [2.75, 3.05) is 14.2 Å². The average molecular weight is 284 g/mol. The van der Waals surface area contributed by atoms with Crippen molar-refractivity contribution in [3.05, 3.63) is 42.0 Å². The molecule has 2 aromatic carbocycles. The molecule has 108 valence electrons. The van der Waals surface area contributed by atoms with E-state index in [2.05, 4.69) is 4.98 Å². The third-order valence-corrected chi connectivity index (χ3v) is 3.35. The van der Waals surface area contributed by atoms with Gasteiger partial charge in [0.25, 0.3) is 0 Å². The highest BCUT2D eigenvalue weighted by atomic mass is 16.5. The molecule has 0 saturated heterocycles. The van der Waals surface area contributed by atoms with E-state index in [0.717, 1.165) is 22.2 Å². The fraction of sp³-hybridized carbons (Fsp3) is 0.188.